The third kappa shape index (κ3) is 5.29. The molecule has 8 aromatic rings. The van der Waals surface area contributed by atoms with Gasteiger partial charge in [-0.15, -0.1) is 0 Å². The second-order valence-electron chi connectivity index (χ2n) is 14.6. The molecular formula is C49H36N4. The van der Waals surface area contributed by atoms with Crippen molar-refractivity contribution in [2.45, 2.75) is 32.1 Å². The van der Waals surface area contributed by atoms with E-state index in [0.717, 1.165) is 57.3 Å². The fraction of sp³-hybridized carbons (Fsp3) is 0.102. The van der Waals surface area contributed by atoms with Gasteiger partial charge < -0.3 is 0 Å². The topological polar surface area (TPSA) is 51.6 Å². The fourth-order valence-electron chi connectivity index (χ4n) is 8.25. The second-order valence-corrected chi connectivity index (χ2v) is 14.6. The van der Waals surface area contributed by atoms with E-state index in [-0.39, 0.29) is 5.41 Å². The van der Waals surface area contributed by atoms with E-state index in [1.807, 2.05) is 60.7 Å². The first-order valence-electron chi connectivity index (χ1n) is 18.4. The van der Waals surface area contributed by atoms with Crippen LogP contribution < -0.4 is 0 Å². The van der Waals surface area contributed by atoms with Gasteiger partial charge in [0.2, 0.25) is 0 Å². The zero-order valence-corrected chi connectivity index (χ0v) is 29.7. The van der Waals surface area contributed by atoms with E-state index in [9.17, 15) is 0 Å². The summed E-state index contributed by atoms with van der Waals surface area (Å²) in [6.45, 7) is 4.66. The monoisotopic (exact) mass is 680 g/mol. The number of pyridine rings is 1. The second kappa shape index (κ2) is 12.3. The Kier molecular flexibility index (Phi) is 7.26. The van der Waals surface area contributed by atoms with Gasteiger partial charge >= 0.3 is 0 Å². The molecule has 0 saturated heterocycles. The summed E-state index contributed by atoms with van der Waals surface area (Å²) >= 11 is 0. The maximum atomic E-state index is 5.45. The SMILES string of the molecule is CC1(C)c2ccccc2-c2cc3c(-c4cccc(-c5nc(-c6ccccc6)nc(-c6ccccc6)n5)c4)cc(-c4cccc5c4C=CCC5)nc3cc21. The maximum absolute atomic E-state index is 5.45. The Morgan fingerprint density at radius 2 is 1.09 bits per heavy atom. The molecule has 2 heterocycles. The molecule has 0 saturated carbocycles. The normalized spacial score (nSPS) is 13.8. The van der Waals surface area contributed by atoms with Gasteiger partial charge in [0.05, 0.1) is 11.2 Å². The van der Waals surface area contributed by atoms with Gasteiger partial charge in [0.15, 0.2) is 17.5 Å². The van der Waals surface area contributed by atoms with Crippen molar-refractivity contribution >= 4 is 17.0 Å². The molecule has 0 spiro atoms. The van der Waals surface area contributed by atoms with E-state index in [2.05, 4.69) is 111 Å². The number of benzene rings is 6. The summed E-state index contributed by atoms with van der Waals surface area (Å²) < 4.78 is 0. The van der Waals surface area contributed by atoms with Crippen LogP contribution in [0.4, 0.5) is 0 Å². The maximum Gasteiger partial charge on any atom is 0.164 e. The summed E-state index contributed by atoms with van der Waals surface area (Å²) in [5.74, 6) is 1.93. The molecule has 0 aliphatic heterocycles. The van der Waals surface area contributed by atoms with E-state index in [1.54, 1.807) is 0 Å². The molecule has 0 atom stereocenters. The Balaban J connectivity index is 1.20. The van der Waals surface area contributed by atoms with Gasteiger partial charge in [-0.2, -0.15) is 0 Å². The molecule has 0 unspecified atom stereocenters. The zero-order chi connectivity index (χ0) is 35.5. The number of hydrogen-bond acceptors (Lipinski definition) is 4. The number of nitrogens with zero attached hydrogens (tertiary/aromatic N) is 4. The predicted molar refractivity (Wildman–Crippen MR) is 217 cm³/mol. The van der Waals surface area contributed by atoms with E-state index in [0.29, 0.717) is 17.5 Å². The average molecular weight is 681 g/mol. The van der Waals surface area contributed by atoms with Gasteiger partial charge in [-0.25, -0.2) is 19.9 Å². The summed E-state index contributed by atoms with van der Waals surface area (Å²) in [6.07, 6.45) is 6.67. The summed E-state index contributed by atoms with van der Waals surface area (Å²) in [4.78, 5) is 20.5. The lowest BCUT2D eigenvalue weighted by Crippen LogP contribution is -2.14. The number of hydrogen-bond donors (Lipinski definition) is 0. The van der Waals surface area contributed by atoms with Crippen molar-refractivity contribution in [2.75, 3.05) is 0 Å². The van der Waals surface area contributed by atoms with Crippen molar-refractivity contribution in [3.63, 3.8) is 0 Å². The van der Waals surface area contributed by atoms with E-state index >= 15 is 0 Å². The molecule has 2 aliphatic carbocycles. The smallest absolute Gasteiger partial charge is 0.164 e. The van der Waals surface area contributed by atoms with Crippen LogP contribution in [-0.4, -0.2) is 19.9 Å². The highest BCUT2D eigenvalue weighted by molar-refractivity contribution is 6.02. The van der Waals surface area contributed by atoms with Crippen LogP contribution in [0.15, 0.2) is 152 Å². The van der Waals surface area contributed by atoms with Crippen LogP contribution in [-0.2, 0) is 11.8 Å². The molecule has 10 rings (SSSR count). The van der Waals surface area contributed by atoms with Crippen LogP contribution in [0.1, 0.15) is 42.5 Å². The molecule has 2 aromatic heterocycles. The molecule has 0 N–H and O–H groups in total. The Bertz CT molecular complexity index is 2690. The van der Waals surface area contributed by atoms with Crippen LogP contribution in [0.3, 0.4) is 0 Å². The van der Waals surface area contributed by atoms with Crippen LogP contribution in [0.25, 0.3) is 84.7 Å². The predicted octanol–water partition coefficient (Wildman–Crippen LogP) is 12.0. The minimum atomic E-state index is -0.127. The number of fused-ring (bicyclic) bond motifs is 5. The zero-order valence-electron chi connectivity index (χ0n) is 29.7. The van der Waals surface area contributed by atoms with Crippen molar-refractivity contribution in [3.05, 3.63) is 174 Å². The lowest BCUT2D eigenvalue weighted by atomic mass is 9.82. The third-order valence-electron chi connectivity index (χ3n) is 11.0. The Morgan fingerprint density at radius 3 is 1.85 bits per heavy atom. The van der Waals surface area contributed by atoms with E-state index < -0.39 is 0 Å². The quantitative estimate of drug-likeness (QED) is 0.182. The molecule has 0 bridgehead atoms. The molecule has 0 amide bonds. The molecular weight excluding hydrogens is 645 g/mol. The largest absolute Gasteiger partial charge is 0.248 e. The van der Waals surface area contributed by atoms with E-state index in [1.165, 1.54) is 38.9 Å². The molecule has 4 heteroatoms. The van der Waals surface area contributed by atoms with Crippen LogP contribution in [0.2, 0.25) is 0 Å². The number of aryl methyl sites for hydroxylation is 1. The van der Waals surface area contributed by atoms with Crippen LogP contribution in [0, 0.1) is 0 Å². The molecule has 2 aliphatic rings. The third-order valence-corrected chi connectivity index (χ3v) is 11.0. The molecule has 252 valence electrons. The Morgan fingerprint density at radius 1 is 0.472 bits per heavy atom. The lowest BCUT2D eigenvalue weighted by Gasteiger charge is -2.22. The van der Waals surface area contributed by atoms with Crippen molar-refractivity contribution < 1.29 is 0 Å². The van der Waals surface area contributed by atoms with Crippen molar-refractivity contribution in [1.82, 2.24) is 19.9 Å². The van der Waals surface area contributed by atoms with Crippen molar-refractivity contribution in [1.29, 1.82) is 0 Å². The number of allylic oxidation sites excluding steroid dienone is 1. The van der Waals surface area contributed by atoms with Crippen LogP contribution >= 0.6 is 0 Å². The Labute approximate surface area is 309 Å². The minimum Gasteiger partial charge on any atom is -0.248 e. The first kappa shape index (κ1) is 31.2. The molecule has 0 radical (unpaired) electrons. The van der Waals surface area contributed by atoms with Gasteiger partial charge in [-0.05, 0) is 81.6 Å². The molecule has 0 fully saturated rings. The summed E-state index contributed by atoms with van der Waals surface area (Å²) in [7, 11) is 0. The van der Waals surface area contributed by atoms with Gasteiger partial charge in [0, 0.05) is 33.1 Å². The minimum absolute atomic E-state index is 0.127. The average Bonchev–Trinajstić information content (AvgIpc) is 3.45. The van der Waals surface area contributed by atoms with Gasteiger partial charge in [-0.1, -0.05) is 147 Å². The number of aromatic nitrogens is 4. The fourth-order valence-corrected chi connectivity index (χ4v) is 8.25. The highest BCUT2D eigenvalue weighted by Gasteiger charge is 2.36. The lowest BCUT2D eigenvalue weighted by molar-refractivity contribution is 0.661. The first-order valence-corrected chi connectivity index (χ1v) is 18.4. The first-order chi connectivity index (χ1) is 26.0. The molecule has 53 heavy (non-hydrogen) atoms. The van der Waals surface area contributed by atoms with E-state index in [4.69, 9.17) is 19.9 Å². The van der Waals surface area contributed by atoms with Gasteiger partial charge in [-0.3, -0.25) is 0 Å². The van der Waals surface area contributed by atoms with Gasteiger partial charge in [0.25, 0.3) is 0 Å². The van der Waals surface area contributed by atoms with Gasteiger partial charge in [0.1, 0.15) is 0 Å². The standard InChI is InChI=1S/C49H36N4/c1-49(2)42-26-12-11-24-37(42)40-28-41-39(29-44(50-45(41)30-43(40)49)38-25-14-20-31-15-9-10-23-36(31)38)34-21-13-22-35(27-34)48-52-46(32-16-5-3-6-17-32)51-47(53-48)33-18-7-4-8-19-33/h3-8,10-14,16-30H,9,15H2,1-2H3. The summed E-state index contributed by atoms with van der Waals surface area (Å²) in [6, 6.07) is 51.4. The van der Waals surface area contributed by atoms with Crippen LogP contribution in [0.5, 0.6) is 0 Å². The molecule has 4 nitrogen and oxygen atoms in total. The highest BCUT2D eigenvalue weighted by atomic mass is 15.0. The highest BCUT2D eigenvalue weighted by Crippen LogP contribution is 2.50. The van der Waals surface area contributed by atoms with Crippen molar-refractivity contribution in [3.8, 4) is 67.7 Å². The summed E-state index contributed by atoms with van der Waals surface area (Å²) in [5.41, 5.74) is 16.0. The molecule has 6 aromatic carbocycles. The number of rotatable bonds is 5. The summed E-state index contributed by atoms with van der Waals surface area (Å²) in [5, 5.41) is 1.13. The van der Waals surface area contributed by atoms with Crippen molar-refractivity contribution in [2.24, 2.45) is 0 Å². The Hall–Kier alpha value is -6.52.